The lowest BCUT2D eigenvalue weighted by Gasteiger charge is -2.24. The van der Waals surface area contributed by atoms with Crippen molar-refractivity contribution < 1.29 is 0 Å². The number of likely N-dealkylation sites (tertiary alicyclic amines) is 1. The molecule has 0 spiro atoms. The summed E-state index contributed by atoms with van der Waals surface area (Å²) < 4.78 is 0. The Labute approximate surface area is 120 Å². The fourth-order valence-corrected chi connectivity index (χ4v) is 2.89. The van der Waals surface area contributed by atoms with E-state index in [0.717, 1.165) is 6.54 Å². The number of pyridine rings is 1. The Hall–Kier alpha value is -1.71. The predicted molar refractivity (Wildman–Crippen MR) is 81.6 cm³/mol. The molecule has 0 saturated carbocycles. The number of aromatic nitrogens is 1. The van der Waals surface area contributed by atoms with Gasteiger partial charge >= 0.3 is 0 Å². The maximum absolute atomic E-state index is 4.13. The Morgan fingerprint density at radius 3 is 2.45 bits per heavy atom. The van der Waals surface area contributed by atoms with Crippen molar-refractivity contribution in [2.45, 2.75) is 18.5 Å². The standard InChI is InChI=1S/C17H21N3/c1-20-12-9-16(13-20)19-17(14-5-3-2-4-6-14)15-7-10-18-11-8-15/h2-8,10-11,16-17,19H,9,12-13H2,1H3. The van der Waals surface area contributed by atoms with E-state index in [1.807, 2.05) is 12.4 Å². The quantitative estimate of drug-likeness (QED) is 0.922. The average molecular weight is 267 g/mol. The van der Waals surface area contributed by atoms with Crippen molar-refractivity contribution >= 4 is 0 Å². The van der Waals surface area contributed by atoms with Crippen LogP contribution >= 0.6 is 0 Å². The van der Waals surface area contributed by atoms with Crippen molar-refractivity contribution in [3.05, 3.63) is 66.0 Å². The van der Waals surface area contributed by atoms with Crippen molar-refractivity contribution in [2.75, 3.05) is 20.1 Å². The number of nitrogens with one attached hydrogen (secondary N) is 1. The first-order valence-corrected chi connectivity index (χ1v) is 7.22. The molecule has 1 N–H and O–H groups in total. The molecule has 2 aromatic rings. The Balaban J connectivity index is 1.84. The molecular weight excluding hydrogens is 246 g/mol. The van der Waals surface area contributed by atoms with Crippen molar-refractivity contribution in [1.29, 1.82) is 0 Å². The van der Waals surface area contributed by atoms with Crippen LogP contribution in [0.3, 0.4) is 0 Å². The molecule has 1 aromatic carbocycles. The average Bonchev–Trinajstić information content (AvgIpc) is 2.92. The molecular formula is C17H21N3. The number of rotatable bonds is 4. The molecule has 0 radical (unpaired) electrons. The lowest BCUT2D eigenvalue weighted by Crippen LogP contribution is -2.35. The van der Waals surface area contributed by atoms with Crippen LogP contribution in [0.2, 0.25) is 0 Å². The molecule has 3 nitrogen and oxygen atoms in total. The van der Waals surface area contributed by atoms with Gasteiger partial charge in [-0.05, 0) is 43.3 Å². The second-order valence-corrected chi connectivity index (χ2v) is 5.54. The van der Waals surface area contributed by atoms with Crippen LogP contribution in [-0.2, 0) is 0 Å². The van der Waals surface area contributed by atoms with E-state index < -0.39 is 0 Å². The van der Waals surface area contributed by atoms with Crippen molar-refractivity contribution in [3.8, 4) is 0 Å². The molecule has 0 amide bonds. The van der Waals surface area contributed by atoms with Gasteiger partial charge in [-0.25, -0.2) is 0 Å². The van der Waals surface area contributed by atoms with Crippen LogP contribution in [0.1, 0.15) is 23.6 Å². The van der Waals surface area contributed by atoms with Gasteiger partial charge in [0, 0.05) is 25.0 Å². The van der Waals surface area contributed by atoms with E-state index in [0.29, 0.717) is 6.04 Å². The first kappa shape index (κ1) is 13.3. The molecule has 0 aliphatic carbocycles. The number of benzene rings is 1. The summed E-state index contributed by atoms with van der Waals surface area (Å²) in [5, 5.41) is 3.81. The molecule has 0 bridgehead atoms. The third-order valence-electron chi connectivity index (χ3n) is 3.97. The zero-order valence-electron chi connectivity index (χ0n) is 11.9. The zero-order valence-corrected chi connectivity index (χ0v) is 11.9. The van der Waals surface area contributed by atoms with Gasteiger partial charge < -0.3 is 10.2 Å². The molecule has 2 unspecified atom stereocenters. The molecule has 1 aromatic heterocycles. The van der Waals surface area contributed by atoms with E-state index >= 15 is 0 Å². The zero-order chi connectivity index (χ0) is 13.8. The molecule has 3 rings (SSSR count). The lowest BCUT2D eigenvalue weighted by atomic mass is 9.98. The second-order valence-electron chi connectivity index (χ2n) is 5.54. The lowest BCUT2D eigenvalue weighted by molar-refractivity contribution is 0.391. The highest BCUT2D eigenvalue weighted by atomic mass is 15.2. The van der Waals surface area contributed by atoms with Crippen LogP contribution in [0.4, 0.5) is 0 Å². The first-order chi connectivity index (χ1) is 9.83. The number of hydrogen-bond donors (Lipinski definition) is 1. The number of nitrogens with zero attached hydrogens (tertiary/aromatic N) is 2. The summed E-state index contributed by atoms with van der Waals surface area (Å²) in [6, 6.07) is 15.7. The van der Waals surface area contributed by atoms with Crippen LogP contribution in [0.15, 0.2) is 54.9 Å². The smallest absolute Gasteiger partial charge is 0.0580 e. The van der Waals surface area contributed by atoms with Gasteiger partial charge in [-0.2, -0.15) is 0 Å². The van der Waals surface area contributed by atoms with E-state index in [1.54, 1.807) is 0 Å². The van der Waals surface area contributed by atoms with Gasteiger partial charge in [-0.15, -0.1) is 0 Å². The number of likely N-dealkylation sites (N-methyl/N-ethyl adjacent to an activating group) is 1. The maximum atomic E-state index is 4.13. The molecule has 2 atom stereocenters. The number of hydrogen-bond acceptors (Lipinski definition) is 3. The Morgan fingerprint density at radius 2 is 1.80 bits per heavy atom. The molecule has 1 fully saturated rings. The van der Waals surface area contributed by atoms with E-state index in [-0.39, 0.29) is 6.04 Å². The van der Waals surface area contributed by atoms with Crippen LogP contribution in [-0.4, -0.2) is 36.1 Å². The highest BCUT2D eigenvalue weighted by Crippen LogP contribution is 2.23. The summed E-state index contributed by atoms with van der Waals surface area (Å²) >= 11 is 0. The summed E-state index contributed by atoms with van der Waals surface area (Å²) in [6.45, 7) is 2.30. The van der Waals surface area contributed by atoms with Crippen molar-refractivity contribution in [1.82, 2.24) is 15.2 Å². The maximum Gasteiger partial charge on any atom is 0.0580 e. The van der Waals surface area contributed by atoms with Gasteiger partial charge in [0.25, 0.3) is 0 Å². The Bertz CT molecular complexity index is 487. The summed E-state index contributed by atoms with van der Waals surface area (Å²) in [4.78, 5) is 6.51. The molecule has 1 aliphatic heterocycles. The minimum absolute atomic E-state index is 0.246. The van der Waals surface area contributed by atoms with Gasteiger partial charge in [0.05, 0.1) is 6.04 Å². The molecule has 1 aliphatic rings. The second kappa shape index (κ2) is 6.16. The Kier molecular flexibility index (Phi) is 4.09. The van der Waals surface area contributed by atoms with Crippen molar-refractivity contribution in [3.63, 3.8) is 0 Å². The van der Waals surface area contributed by atoms with Crippen molar-refractivity contribution in [2.24, 2.45) is 0 Å². The fourth-order valence-electron chi connectivity index (χ4n) is 2.89. The largest absolute Gasteiger partial charge is 0.305 e. The van der Waals surface area contributed by atoms with Crippen LogP contribution in [0.25, 0.3) is 0 Å². The monoisotopic (exact) mass is 267 g/mol. The normalized spacial score (nSPS) is 20.9. The molecule has 1 saturated heterocycles. The van der Waals surface area contributed by atoms with E-state index in [1.165, 1.54) is 24.1 Å². The molecule has 3 heteroatoms. The van der Waals surface area contributed by atoms with Crippen LogP contribution in [0, 0.1) is 0 Å². The Morgan fingerprint density at radius 1 is 1.10 bits per heavy atom. The van der Waals surface area contributed by atoms with Gasteiger partial charge in [0.1, 0.15) is 0 Å². The predicted octanol–water partition coefficient (Wildman–Crippen LogP) is 2.46. The van der Waals surface area contributed by atoms with Gasteiger partial charge in [-0.1, -0.05) is 30.3 Å². The highest BCUT2D eigenvalue weighted by molar-refractivity contribution is 5.30. The first-order valence-electron chi connectivity index (χ1n) is 7.22. The van der Waals surface area contributed by atoms with E-state index in [4.69, 9.17) is 0 Å². The third-order valence-corrected chi connectivity index (χ3v) is 3.97. The summed E-state index contributed by atoms with van der Waals surface area (Å²) in [5.74, 6) is 0. The minimum Gasteiger partial charge on any atom is -0.305 e. The van der Waals surface area contributed by atoms with Gasteiger partial charge in [-0.3, -0.25) is 4.98 Å². The molecule has 2 heterocycles. The van der Waals surface area contributed by atoms with Gasteiger partial charge in [0.2, 0.25) is 0 Å². The highest BCUT2D eigenvalue weighted by Gasteiger charge is 2.23. The van der Waals surface area contributed by atoms with E-state index in [9.17, 15) is 0 Å². The van der Waals surface area contributed by atoms with E-state index in [2.05, 4.69) is 64.7 Å². The summed E-state index contributed by atoms with van der Waals surface area (Å²) in [5.41, 5.74) is 2.59. The summed E-state index contributed by atoms with van der Waals surface area (Å²) in [7, 11) is 2.19. The van der Waals surface area contributed by atoms with Crippen LogP contribution in [0.5, 0.6) is 0 Å². The summed E-state index contributed by atoms with van der Waals surface area (Å²) in [6.07, 6.45) is 4.95. The topological polar surface area (TPSA) is 28.2 Å². The van der Waals surface area contributed by atoms with Gasteiger partial charge in [0.15, 0.2) is 0 Å². The fraction of sp³-hybridized carbons (Fsp3) is 0.353. The van der Waals surface area contributed by atoms with Crippen LogP contribution < -0.4 is 5.32 Å². The molecule has 104 valence electrons. The SMILES string of the molecule is CN1CCC(NC(c2ccccc2)c2ccncc2)C1. The minimum atomic E-state index is 0.246. The molecule has 20 heavy (non-hydrogen) atoms. The third kappa shape index (κ3) is 3.06.